The zero-order chi connectivity index (χ0) is 17.8. The molecule has 0 unspecified atom stereocenters. The molecule has 0 radical (unpaired) electrons. The van der Waals surface area contributed by atoms with E-state index in [1.54, 1.807) is 6.07 Å². The fourth-order valence-electron chi connectivity index (χ4n) is 3.37. The van der Waals surface area contributed by atoms with Gasteiger partial charge in [0.2, 0.25) is 0 Å². The standard InChI is InChI=1S/C18H21FN4O2/c19-15-2-1-14(11-24)16(9-15)12-3-6-23(7-4-12)8-5-13-10-21-18(20)22-17(13)25/h1-2,9-12H,3-8H2,(H3,20,21,22,25). The van der Waals surface area contributed by atoms with Crippen LogP contribution in [0.1, 0.15) is 40.2 Å². The first-order valence-electron chi connectivity index (χ1n) is 8.37. The number of aldehydes is 1. The van der Waals surface area contributed by atoms with E-state index in [9.17, 15) is 14.0 Å². The monoisotopic (exact) mass is 344 g/mol. The highest BCUT2D eigenvalue weighted by Gasteiger charge is 2.23. The first kappa shape index (κ1) is 17.3. The molecule has 1 saturated heterocycles. The lowest BCUT2D eigenvalue weighted by Gasteiger charge is -2.32. The van der Waals surface area contributed by atoms with E-state index in [2.05, 4.69) is 14.9 Å². The lowest BCUT2D eigenvalue weighted by molar-refractivity contribution is 0.112. The van der Waals surface area contributed by atoms with Gasteiger partial charge in [-0.25, -0.2) is 9.37 Å². The van der Waals surface area contributed by atoms with Gasteiger partial charge < -0.3 is 10.6 Å². The third-order valence-electron chi connectivity index (χ3n) is 4.79. The number of aromatic nitrogens is 2. The number of carbonyl (C=O) groups is 1. The number of piperidine rings is 1. The Balaban J connectivity index is 1.58. The number of anilines is 1. The molecule has 1 fully saturated rings. The topological polar surface area (TPSA) is 92.1 Å². The first-order chi connectivity index (χ1) is 12.1. The SMILES string of the molecule is Nc1ncc(CCN2CCC(c3cc(F)ccc3C=O)CC2)c(=O)[nH]1. The van der Waals surface area contributed by atoms with Gasteiger partial charge in [0, 0.05) is 23.9 Å². The number of aromatic amines is 1. The largest absolute Gasteiger partial charge is 0.369 e. The Morgan fingerprint density at radius 3 is 2.80 bits per heavy atom. The van der Waals surface area contributed by atoms with Gasteiger partial charge in [0.15, 0.2) is 5.95 Å². The average Bonchev–Trinajstić information content (AvgIpc) is 2.61. The molecule has 1 aromatic carbocycles. The molecule has 0 spiro atoms. The molecular formula is C18H21FN4O2. The molecule has 1 aliphatic rings. The van der Waals surface area contributed by atoms with Gasteiger partial charge in [-0.15, -0.1) is 0 Å². The number of likely N-dealkylation sites (tertiary alicyclic amines) is 1. The highest BCUT2D eigenvalue weighted by molar-refractivity contribution is 5.77. The third kappa shape index (κ3) is 4.11. The van der Waals surface area contributed by atoms with Crippen molar-refractivity contribution in [3.05, 3.63) is 57.3 Å². The molecule has 2 aromatic rings. The number of H-pyrrole nitrogens is 1. The third-order valence-corrected chi connectivity index (χ3v) is 4.79. The predicted molar refractivity (Wildman–Crippen MR) is 93.2 cm³/mol. The van der Waals surface area contributed by atoms with E-state index in [0.717, 1.165) is 44.3 Å². The van der Waals surface area contributed by atoms with Gasteiger partial charge in [0.05, 0.1) is 0 Å². The Labute approximate surface area is 144 Å². The zero-order valence-corrected chi connectivity index (χ0v) is 13.9. The van der Waals surface area contributed by atoms with Crippen LogP contribution in [0.3, 0.4) is 0 Å². The fraction of sp³-hybridized carbons (Fsp3) is 0.389. The molecule has 1 aromatic heterocycles. The van der Waals surface area contributed by atoms with Crippen LogP contribution in [0.4, 0.5) is 10.3 Å². The quantitative estimate of drug-likeness (QED) is 0.806. The minimum atomic E-state index is -0.307. The fourth-order valence-corrected chi connectivity index (χ4v) is 3.37. The maximum absolute atomic E-state index is 13.5. The van der Waals surface area contributed by atoms with Crippen molar-refractivity contribution in [1.82, 2.24) is 14.9 Å². The summed E-state index contributed by atoms with van der Waals surface area (Å²) in [6.45, 7) is 2.45. The molecule has 1 aliphatic heterocycles. The minimum absolute atomic E-state index is 0.121. The summed E-state index contributed by atoms with van der Waals surface area (Å²) < 4.78 is 13.5. The van der Waals surface area contributed by atoms with Gasteiger partial charge in [-0.2, -0.15) is 0 Å². The Morgan fingerprint density at radius 1 is 1.36 bits per heavy atom. The number of benzene rings is 1. The maximum atomic E-state index is 13.5. The zero-order valence-electron chi connectivity index (χ0n) is 13.9. The average molecular weight is 344 g/mol. The maximum Gasteiger partial charge on any atom is 0.255 e. The molecule has 0 bridgehead atoms. The number of nitrogen functional groups attached to an aromatic ring is 1. The van der Waals surface area contributed by atoms with Crippen LogP contribution in [-0.2, 0) is 6.42 Å². The number of nitrogens with two attached hydrogens (primary N) is 1. The summed E-state index contributed by atoms with van der Waals surface area (Å²) in [4.78, 5) is 31.7. The molecule has 2 heterocycles. The van der Waals surface area contributed by atoms with E-state index in [4.69, 9.17) is 5.73 Å². The summed E-state index contributed by atoms with van der Waals surface area (Å²) in [6, 6.07) is 4.34. The number of nitrogens with zero attached hydrogens (tertiary/aromatic N) is 2. The van der Waals surface area contributed by atoms with Crippen molar-refractivity contribution in [2.45, 2.75) is 25.2 Å². The number of hydrogen-bond acceptors (Lipinski definition) is 5. The molecule has 132 valence electrons. The van der Waals surface area contributed by atoms with Crippen molar-refractivity contribution in [1.29, 1.82) is 0 Å². The number of halogens is 1. The van der Waals surface area contributed by atoms with Crippen LogP contribution in [0.5, 0.6) is 0 Å². The van der Waals surface area contributed by atoms with Crippen LogP contribution in [-0.4, -0.2) is 40.8 Å². The van der Waals surface area contributed by atoms with Gasteiger partial charge >= 0.3 is 0 Å². The summed E-state index contributed by atoms with van der Waals surface area (Å²) in [5.74, 6) is 0.00230. The van der Waals surface area contributed by atoms with Crippen LogP contribution in [0.15, 0.2) is 29.2 Å². The van der Waals surface area contributed by atoms with E-state index in [1.807, 2.05) is 0 Å². The van der Waals surface area contributed by atoms with Crippen LogP contribution < -0.4 is 11.3 Å². The minimum Gasteiger partial charge on any atom is -0.369 e. The smallest absolute Gasteiger partial charge is 0.255 e. The van der Waals surface area contributed by atoms with Crippen molar-refractivity contribution in [3.63, 3.8) is 0 Å². The molecule has 3 rings (SSSR count). The van der Waals surface area contributed by atoms with E-state index in [-0.39, 0.29) is 23.2 Å². The molecule has 7 heteroatoms. The van der Waals surface area contributed by atoms with Gasteiger partial charge in [-0.1, -0.05) is 0 Å². The molecule has 6 nitrogen and oxygen atoms in total. The van der Waals surface area contributed by atoms with E-state index in [0.29, 0.717) is 17.5 Å². The van der Waals surface area contributed by atoms with Crippen LogP contribution >= 0.6 is 0 Å². The number of hydrogen-bond donors (Lipinski definition) is 2. The summed E-state index contributed by atoms with van der Waals surface area (Å²) in [6.07, 6.45) is 4.64. The normalized spacial score (nSPS) is 16.0. The second-order valence-corrected chi connectivity index (χ2v) is 6.38. The molecular weight excluding hydrogens is 323 g/mol. The van der Waals surface area contributed by atoms with Gasteiger partial charge in [-0.3, -0.25) is 14.6 Å². The van der Waals surface area contributed by atoms with Crippen molar-refractivity contribution in [2.24, 2.45) is 0 Å². The molecule has 0 saturated carbocycles. The van der Waals surface area contributed by atoms with Crippen LogP contribution in [0, 0.1) is 5.82 Å². The van der Waals surface area contributed by atoms with Crippen LogP contribution in [0.2, 0.25) is 0 Å². The Morgan fingerprint density at radius 2 is 2.12 bits per heavy atom. The lowest BCUT2D eigenvalue weighted by Crippen LogP contribution is -2.35. The second-order valence-electron chi connectivity index (χ2n) is 6.38. The Kier molecular flexibility index (Phi) is 5.23. The Hall–Kier alpha value is -2.54. The molecule has 0 amide bonds. The molecule has 25 heavy (non-hydrogen) atoms. The number of rotatable bonds is 5. The first-order valence-corrected chi connectivity index (χ1v) is 8.37. The molecule has 0 aliphatic carbocycles. The summed E-state index contributed by atoms with van der Waals surface area (Å²) in [5.41, 5.74) is 7.23. The van der Waals surface area contributed by atoms with Crippen molar-refractivity contribution in [2.75, 3.05) is 25.4 Å². The number of nitrogens with one attached hydrogen (secondary N) is 1. The summed E-state index contributed by atoms with van der Waals surface area (Å²) in [7, 11) is 0. The highest BCUT2D eigenvalue weighted by Crippen LogP contribution is 2.30. The van der Waals surface area contributed by atoms with Crippen molar-refractivity contribution < 1.29 is 9.18 Å². The molecule has 0 atom stereocenters. The van der Waals surface area contributed by atoms with Gasteiger partial charge in [0.25, 0.3) is 5.56 Å². The van der Waals surface area contributed by atoms with Crippen LogP contribution in [0.25, 0.3) is 0 Å². The van der Waals surface area contributed by atoms with Gasteiger partial charge in [-0.05, 0) is 62.0 Å². The van der Waals surface area contributed by atoms with E-state index < -0.39 is 0 Å². The predicted octanol–water partition coefficient (Wildman–Crippen LogP) is 1.73. The number of carbonyl (C=O) groups excluding carboxylic acids is 1. The van der Waals surface area contributed by atoms with E-state index >= 15 is 0 Å². The Bertz CT molecular complexity index is 813. The summed E-state index contributed by atoms with van der Waals surface area (Å²) in [5, 5.41) is 0. The lowest BCUT2D eigenvalue weighted by atomic mass is 9.86. The van der Waals surface area contributed by atoms with Crippen molar-refractivity contribution in [3.8, 4) is 0 Å². The second kappa shape index (κ2) is 7.57. The highest BCUT2D eigenvalue weighted by atomic mass is 19.1. The van der Waals surface area contributed by atoms with E-state index in [1.165, 1.54) is 18.3 Å². The summed E-state index contributed by atoms with van der Waals surface area (Å²) >= 11 is 0. The molecule has 3 N–H and O–H groups in total. The van der Waals surface area contributed by atoms with Gasteiger partial charge in [0.1, 0.15) is 12.1 Å². The van der Waals surface area contributed by atoms with Crippen molar-refractivity contribution >= 4 is 12.2 Å².